The average Bonchev–Trinajstić information content (AvgIpc) is 2.28. The number of nitrogens with two attached hydrogens (primary N) is 2. The first-order chi connectivity index (χ1) is 8.49. The van der Waals surface area contributed by atoms with Gasteiger partial charge in [0.15, 0.2) is 0 Å². The lowest BCUT2D eigenvalue weighted by Gasteiger charge is -2.11. The van der Waals surface area contributed by atoms with Crippen LogP contribution in [0.15, 0.2) is 18.2 Å². The van der Waals surface area contributed by atoms with E-state index >= 15 is 0 Å². The number of carbonyl (C=O) groups excluding carboxylic acids is 1. The molecule has 0 spiro atoms. The number of ether oxygens (including phenoxy) is 1. The lowest BCUT2D eigenvalue weighted by atomic mass is 10.1. The fourth-order valence-electron chi connectivity index (χ4n) is 1.56. The molecule has 1 rings (SSSR count). The van der Waals surface area contributed by atoms with E-state index in [4.69, 9.17) is 16.2 Å². The van der Waals surface area contributed by atoms with Crippen molar-refractivity contribution in [2.75, 3.05) is 12.3 Å². The lowest BCUT2D eigenvalue weighted by Crippen LogP contribution is -2.11. The monoisotopic (exact) mass is 250 g/mol. The standard InChI is InChI=1S/C14H22N2O2/c1-10(2)7-8-18-13-5-3-11(9-12(13)15)4-6-14(16)17/h3,5,9-10H,4,6-8,15H2,1-2H3,(H2,16,17). The van der Waals surface area contributed by atoms with E-state index < -0.39 is 0 Å². The molecule has 0 aliphatic heterocycles. The number of primary amides is 1. The highest BCUT2D eigenvalue weighted by Crippen LogP contribution is 2.23. The Kier molecular flexibility index (Phi) is 5.49. The molecule has 100 valence electrons. The highest BCUT2D eigenvalue weighted by Gasteiger charge is 2.04. The zero-order chi connectivity index (χ0) is 13.5. The number of nitrogen functional groups attached to an aromatic ring is 1. The van der Waals surface area contributed by atoms with E-state index in [1.165, 1.54) is 0 Å². The van der Waals surface area contributed by atoms with E-state index in [9.17, 15) is 4.79 Å². The lowest BCUT2D eigenvalue weighted by molar-refractivity contribution is -0.117. The number of carbonyl (C=O) groups is 1. The van der Waals surface area contributed by atoms with Gasteiger partial charge in [0.25, 0.3) is 0 Å². The molecule has 0 bridgehead atoms. The predicted octanol–water partition coefficient (Wildman–Crippen LogP) is 2.11. The maximum atomic E-state index is 10.7. The molecule has 0 saturated carbocycles. The molecule has 1 amide bonds. The third kappa shape index (κ3) is 5.08. The zero-order valence-electron chi connectivity index (χ0n) is 11.1. The number of rotatable bonds is 7. The van der Waals surface area contributed by atoms with Gasteiger partial charge in [0.1, 0.15) is 5.75 Å². The predicted molar refractivity (Wildman–Crippen MR) is 73.3 cm³/mol. The summed E-state index contributed by atoms with van der Waals surface area (Å²) in [5.41, 5.74) is 12.6. The Bertz CT molecular complexity index is 403. The van der Waals surface area contributed by atoms with Gasteiger partial charge in [-0.1, -0.05) is 19.9 Å². The van der Waals surface area contributed by atoms with Crippen molar-refractivity contribution < 1.29 is 9.53 Å². The number of anilines is 1. The second kappa shape index (κ2) is 6.89. The van der Waals surface area contributed by atoms with Crippen molar-refractivity contribution in [3.8, 4) is 5.75 Å². The fraction of sp³-hybridized carbons (Fsp3) is 0.500. The van der Waals surface area contributed by atoms with Crippen LogP contribution in [0.2, 0.25) is 0 Å². The smallest absolute Gasteiger partial charge is 0.217 e. The minimum Gasteiger partial charge on any atom is -0.491 e. The third-order valence-corrected chi connectivity index (χ3v) is 2.69. The maximum Gasteiger partial charge on any atom is 0.217 e. The molecule has 4 N–H and O–H groups in total. The van der Waals surface area contributed by atoms with Crippen molar-refractivity contribution in [1.29, 1.82) is 0 Å². The van der Waals surface area contributed by atoms with Crippen LogP contribution in [0.25, 0.3) is 0 Å². The number of amides is 1. The highest BCUT2D eigenvalue weighted by atomic mass is 16.5. The summed E-state index contributed by atoms with van der Waals surface area (Å²) in [6.45, 7) is 4.97. The minimum absolute atomic E-state index is 0.300. The van der Waals surface area contributed by atoms with Gasteiger partial charge >= 0.3 is 0 Å². The number of hydrogen-bond acceptors (Lipinski definition) is 3. The summed E-state index contributed by atoms with van der Waals surface area (Å²) < 4.78 is 5.61. The Morgan fingerprint density at radius 3 is 2.67 bits per heavy atom. The second-order valence-electron chi connectivity index (χ2n) is 4.87. The van der Waals surface area contributed by atoms with Gasteiger partial charge in [-0.2, -0.15) is 0 Å². The first kappa shape index (κ1) is 14.4. The van der Waals surface area contributed by atoms with Gasteiger partial charge in [-0.3, -0.25) is 4.79 Å². The summed E-state index contributed by atoms with van der Waals surface area (Å²) in [4.78, 5) is 10.7. The quantitative estimate of drug-likeness (QED) is 0.727. The van der Waals surface area contributed by atoms with Crippen LogP contribution >= 0.6 is 0 Å². The van der Waals surface area contributed by atoms with Gasteiger partial charge in [0.2, 0.25) is 5.91 Å². The topological polar surface area (TPSA) is 78.3 Å². The van der Waals surface area contributed by atoms with Crippen LogP contribution < -0.4 is 16.2 Å². The Hall–Kier alpha value is -1.71. The molecule has 0 atom stereocenters. The van der Waals surface area contributed by atoms with Crippen LogP contribution in [0.3, 0.4) is 0 Å². The van der Waals surface area contributed by atoms with E-state index in [1.807, 2.05) is 18.2 Å². The Balaban J connectivity index is 2.53. The first-order valence-corrected chi connectivity index (χ1v) is 6.28. The summed E-state index contributed by atoms with van der Waals surface area (Å²) >= 11 is 0. The van der Waals surface area contributed by atoms with E-state index in [-0.39, 0.29) is 5.91 Å². The molecule has 0 aliphatic carbocycles. The SMILES string of the molecule is CC(C)CCOc1ccc(CCC(N)=O)cc1N. The summed E-state index contributed by atoms with van der Waals surface area (Å²) in [7, 11) is 0. The largest absolute Gasteiger partial charge is 0.491 e. The molecule has 18 heavy (non-hydrogen) atoms. The third-order valence-electron chi connectivity index (χ3n) is 2.69. The van der Waals surface area contributed by atoms with Gasteiger partial charge in [-0.25, -0.2) is 0 Å². The Morgan fingerprint density at radius 1 is 1.39 bits per heavy atom. The van der Waals surface area contributed by atoms with Gasteiger partial charge in [-0.05, 0) is 36.5 Å². The summed E-state index contributed by atoms with van der Waals surface area (Å²) in [6, 6.07) is 5.61. The van der Waals surface area contributed by atoms with Crippen molar-refractivity contribution in [2.24, 2.45) is 11.7 Å². The van der Waals surface area contributed by atoms with Crippen LogP contribution in [0.1, 0.15) is 32.3 Å². The van der Waals surface area contributed by atoms with E-state index in [1.54, 1.807) is 0 Å². The number of aryl methyl sites for hydroxylation is 1. The molecule has 1 aromatic rings. The van der Waals surface area contributed by atoms with Crippen LogP contribution in [-0.4, -0.2) is 12.5 Å². The van der Waals surface area contributed by atoms with E-state index in [0.717, 1.165) is 12.0 Å². The highest BCUT2D eigenvalue weighted by molar-refractivity contribution is 5.74. The zero-order valence-corrected chi connectivity index (χ0v) is 11.1. The van der Waals surface area contributed by atoms with Gasteiger partial charge in [-0.15, -0.1) is 0 Å². The number of benzene rings is 1. The average molecular weight is 250 g/mol. The van der Waals surface area contributed by atoms with E-state index in [0.29, 0.717) is 36.8 Å². The fourth-order valence-corrected chi connectivity index (χ4v) is 1.56. The number of hydrogen-bond donors (Lipinski definition) is 2. The minimum atomic E-state index is -0.300. The van der Waals surface area contributed by atoms with Crippen LogP contribution in [0.5, 0.6) is 5.75 Å². The molecule has 0 saturated heterocycles. The molecule has 4 nitrogen and oxygen atoms in total. The molecule has 0 aromatic heterocycles. The summed E-state index contributed by atoms with van der Waals surface area (Å²) in [5.74, 6) is 1.02. The molecule has 0 aliphatic rings. The Labute approximate surface area is 108 Å². The van der Waals surface area contributed by atoms with Crippen molar-refractivity contribution in [3.63, 3.8) is 0 Å². The normalized spacial score (nSPS) is 10.6. The molecular weight excluding hydrogens is 228 g/mol. The van der Waals surface area contributed by atoms with Gasteiger partial charge in [0, 0.05) is 6.42 Å². The second-order valence-corrected chi connectivity index (χ2v) is 4.87. The summed E-state index contributed by atoms with van der Waals surface area (Å²) in [5, 5.41) is 0. The van der Waals surface area contributed by atoms with Gasteiger partial charge < -0.3 is 16.2 Å². The van der Waals surface area contributed by atoms with Crippen LogP contribution in [0.4, 0.5) is 5.69 Å². The molecular formula is C14H22N2O2. The summed E-state index contributed by atoms with van der Waals surface area (Å²) in [6.07, 6.45) is 1.96. The Morgan fingerprint density at radius 2 is 2.11 bits per heavy atom. The molecule has 0 unspecified atom stereocenters. The molecule has 0 fully saturated rings. The van der Waals surface area contributed by atoms with Crippen LogP contribution in [-0.2, 0) is 11.2 Å². The maximum absolute atomic E-state index is 10.7. The molecule has 0 radical (unpaired) electrons. The van der Waals surface area contributed by atoms with Crippen molar-refractivity contribution in [2.45, 2.75) is 33.1 Å². The van der Waals surface area contributed by atoms with Crippen LogP contribution in [0, 0.1) is 5.92 Å². The first-order valence-electron chi connectivity index (χ1n) is 6.28. The van der Waals surface area contributed by atoms with Crippen molar-refractivity contribution in [3.05, 3.63) is 23.8 Å². The molecule has 4 heteroatoms. The molecule has 1 aromatic carbocycles. The van der Waals surface area contributed by atoms with E-state index in [2.05, 4.69) is 13.8 Å². The van der Waals surface area contributed by atoms with Gasteiger partial charge in [0.05, 0.1) is 12.3 Å². The van der Waals surface area contributed by atoms with Crippen molar-refractivity contribution in [1.82, 2.24) is 0 Å². The van der Waals surface area contributed by atoms with Crippen molar-refractivity contribution >= 4 is 11.6 Å². The molecule has 0 heterocycles.